The topological polar surface area (TPSA) is 0 Å². The molecule has 1 aliphatic rings. The van der Waals surface area contributed by atoms with Gasteiger partial charge in [-0.05, 0) is 53.8 Å². The smallest absolute Gasteiger partial charge is 0.171 e. The Balaban J connectivity index is 2.74. The highest BCUT2D eigenvalue weighted by Crippen LogP contribution is 2.25. The monoisotopic (exact) mass is 322 g/mol. The summed E-state index contributed by atoms with van der Waals surface area (Å²) >= 11 is 0. The number of alkyl halides is 6. The zero-order chi connectivity index (χ0) is 16.7. The molecule has 0 heterocycles. The molecule has 6 heteroatoms. The van der Waals surface area contributed by atoms with Crippen molar-refractivity contribution >= 4 is 11.6 Å². The van der Waals surface area contributed by atoms with Gasteiger partial charge in [-0.25, -0.2) is 0 Å². The van der Waals surface area contributed by atoms with E-state index in [0.717, 1.165) is 5.57 Å². The SMILES string of the molecule is CC1=c2c(CC(F)(F)F)c(C)cc(CC(F)(F)F)c2=CCC1. The van der Waals surface area contributed by atoms with Crippen LogP contribution in [0.5, 0.6) is 0 Å². The first-order valence-corrected chi connectivity index (χ1v) is 6.93. The number of rotatable bonds is 2. The molecule has 0 N–H and O–H groups in total. The van der Waals surface area contributed by atoms with Gasteiger partial charge in [0.15, 0.2) is 0 Å². The molecule has 0 saturated carbocycles. The summed E-state index contributed by atoms with van der Waals surface area (Å²) in [6.07, 6.45) is -8.24. The van der Waals surface area contributed by atoms with E-state index in [1.165, 1.54) is 13.0 Å². The molecule has 0 fully saturated rings. The molecule has 0 bridgehead atoms. The molecule has 2 rings (SSSR count). The maximum Gasteiger partial charge on any atom is 0.393 e. The van der Waals surface area contributed by atoms with Crippen molar-refractivity contribution < 1.29 is 26.3 Å². The van der Waals surface area contributed by atoms with E-state index in [1.807, 2.05) is 0 Å². The van der Waals surface area contributed by atoms with Crippen LogP contribution in [0.25, 0.3) is 11.6 Å². The van der Waals surface area contributed by atoms with Crippen molar-refractivity contribution in [3.8, 4) is 0 Å². The first-order valence-electron chi connectivity index (χ1n) is 6.93. The maximum absolute atomic E-state index is 12.8. The van der Waals surface area contributed by atoms with Gasteiger partial charge in [0.1, 0.15) is 0 Å². The van der Waals surface area contributed by atoms with Crippen LogP contribution in [0.15, 0.2) is 6.07 Å². The van der Waals surface area contributed by atoms with Gasteiger partial charge in [0.05, 0.1) is 12.8 Å². The summed E-state index contributed by atoms with van der Waals surface area (Å²) in [6.45, 7) is 3.14. The van der Waals surface area contributed by atoms with Gasteiger partial charge in [0.25, 0.3) is 0 Å². The van der Waals surface area contributed by atoms with Gasteiger partial charge in [-0.1, -0.05) is 17.7 Å². The summed E-state index contributed by atoms with van der Waals surface area (Å²) in [6, 6.07) is 1.25. The lowest BCUT2D eigenvalue weighted by molar-refractivity contribution is -0.129. The van der Waals surface area contributed by atoms with Gasteiger partial charge in [0.2, 0.25) is 0 Å². The lowest BCUT2D eigenvalue weighted by atomic mass is 9.89. The summed E-state index contributed by atoms with van der Waals surface area (Å²) in [5.74, 6) is 0. The van der Waals surface area contributed by atoms with Crippen molar-refractivity contribution in [2.45, 2.75) is 51.9 Å². The van der Waals surface area contributed by atoms with E-state index >= 15 is 0 Å². The second-order valence-electron chi connectivity index (χ2n) is 5.73. The number of fused-ring (bicyclic) bond motifs is 1. The molecule has 1 aromatic rings. The lowest BCUT2D eigenvalue weighted by Gasteiger charge is -2.19. The maximum atomic E-state index is 12.8. The molecular weight excluding hydrogens is 306 g/mol. The molecule has 1 aliphatic carbocycles. The Morgan fingerprint density at radius 2 is 1.55 bits per heavy atom. The molecule has 122 valence electrons. The summed E-state index contributed by atoms with van der Waals surface area (Å²) < 4.78 is 76.5. The van der Waals surface area contributed by atoms with E-state index in [4.69, 9.17) is 0 Å². The Morgan fingerprint density at radius 1 is 0.955 bits per heavy atom. The molecule has 0 saturated heterocycles. The Bertz CT molecular complexity index is 691. The van der Waals surface area contributed by atoms with Gasteiger partial charge in [0, 0.05) is 0 Å². The second kappa shape index (κ2) is 5.63. The van der Waals surface area contributed by atoms with E-state index < -0.39 is 25.2 Å². The highest BCUT2D eigenvalue weighted by atomic mass is 19.4. The van der Waals surface area contributed by atoms with Crippen molar-refractivity contribution in [1.82, 2.24) is 0 Å². The molecule has 0 aliphatic heterocycles. The van der Waals surface area contributed by atoms with Gasteiger partial charge in [-0.3, -0.25) is 0 Å². The fraction of sp³-hybridized carbons (Fsp3) is 0.500. The van der Waals surface area contributed by atoms with Gasteiger partial charge >= 0.3 is 12.4 Å². The van der Waals surface area contributed by atoms with E-state index in [0.29, 0.717) is 23.3 Å². The zero-order valence-corrected chi connectivity index (χ0v) is 12.3. The highest BCUT2D eigenvalue weighted by Gasteiger charge is 2.32. The van der Waals surface area contributed by atoms with Crippen LogP contribution in [0.1, 0.15) is 36.5 Å². The fourth-order valence-electron chi connectivity index (χ4n) is 3.02. The van der Waals surface area contributed by atoms with Crippen molar-refractivity contribution in [3.63, 3.8) is 0 Å². The number of benzene rings is 1. The Morgan fingerprint density at radius 3 is 2.09 bits per heavy atom. The molecule has 22 heavy (non-hydrogen) atoms. The number of hydrogen-bond acceptors (Lipinski definition) is 0. The minimum absolute atomic E-state index is 0.0602. The third-order valence-electron chi connectivity index (χ3n) is 3.85. The fourth-order valence-corrected chi connectivity index (χ4v) is 3.02. The van der Waals surface area contributed by atoms with Crippen LogP contribution in [0.3, 0.4) is 0 Å². The minimum atomic E-state index is -4.39. The molecule has 0 aromatic heterocycles. The van der Waals surface area contributed by atoms with Gasteiger partial charge in [-0.15, -0.1) is 0 Å². The normalized spacial score (nSPS) is 15.5. The first-order chi connectivity index (χ1) is 9.98. The predicted octanol–water partition coefficient (Wildman–Crippen LogP) is 3.95. The second-order valence-corrected chi connectivity index (χ2v) is 5.73. The Hall–Kier alpha value is -1.46. The van der Waals surface area contributed by atoms with Crippen LogP contribution in [0.2, 0.25) is 0 Å². The van der Waals surface area contributed by atoms with Gasteiger partial charge in [-0.2, -0.15) is 26.3 Å². The molecule has 1 aromatic carbocycles. The molecule has 0 spiro atoms. The Labute approximate surface area is 124 Å². The minimum Gasteiger partial charge on any atom is -0.171 e. The van der Waals surface area contributed by atoms with Crippen LogP contribution in [0, 0.1) is 6.92 Å². The molecule has 0 atom stereocenters. The Kier molecular flexibility index (Phi) is 4.33. The number of halogens is 6. The summed E-state index contributed by atoms with van der Waals surface area (Å²) in [5, 5.41) is 0.689. The van der Waals surface area contributed by atoms with Crippen molar-refractivity contribution in [1.29, 1.82) is 0 Å². The van der Waals surface area contributed by atoms with Crippen LogP contribution < -0.4 is 10.4 Å². The summed E-state index contributed by atoms with van der Waals surface area (Å²) in [4.78, 5) is 0. The zero-order valence-electron chi connectivity index (χ0n) is 12.3. The van der Waals surface area contributed by atoms with E-state index in [-0.39, 0.29) is 16.7 Å². The molecule has 0 radical (unpaired) electrons. The average molecular weight is 322 g/mol. The quantitative estimate of drug-likeness (QED) is 0.723. The first kappa shape index (κ1) is 16.9. The molecule has 0 amide bonds. The highest BCUT2D eigenvalue weighted by molar-refractivity contribution is 5.55. The number of hydrogen-bond donors (Lipinski definition) is 0. The summed E-state index contributed by atoms with van der Waals surface area (Å²) in [5.41, 5.74) is 1.15. The van der Waals surface area contributed by atoms with E-state index in [1.54, 1.807) is 13.0 Å². The van der Waals surface area contributed by atoms with Gasteiger partial charge < -0.3 is 0 Å². The molecule has 0 nitrogen and oxygen atoms in total. The van der Waals surface area contributed by atoms with E-state index in [2.05, 4.69) is 0 Å². The van der Waals surface area contributed by atoms with Crippen LogP contribution in [-0.2, 0) is 12.8 Å². The van der Waals surface area contributed by atoms with Crippen molar-refractivity contribution in [3.05, 3.63) is 33.2 Å². The third kappa shape index (κ3) is 3.84. The van der Waals surface area contributed by atoms with Crippen LogP contribution in [0.4, 0.5) is 26.3 Å². The van der Waals surface area contributed by atoms with Crippen molar-refractivity contribution in [2.75, 3.05) is 0 Å². The molecule has 0 unspecified atom stereocenters. The largest absolute Gasteiger partial charge is 0.393 e. The number of aryl methyl sites for hydroxylation is 1. The summed E-state index contributed by atoms with van der Waals surface area (Å²) in [7, 11) is 0. The molecular formula is C16H16F6. The van der Waals surface area contributed by atoms with Crippen LogP contribution >= 0.6 is 0 Å². The third-order valence-corrected chi connectivity index (χ3v) is 3.85. The van der Waals surface area contributed by atoms with Crippen LogP contribution in [-0.4, -0.2) is 12.4 Å². The predicted molar refractivity (Wildman–Crippen MR) is 72.7 cm³/mol. The lowest BCUT2D eigenvalue weighted by Crippen LogP contribution is -2.39. The average Bonchev–Trinajstić information content (AvgIpc) is 2.31. The standard InChI is InChI=1S/C16H16F6/c1-9-4-3-5-12-11(7-15(17,18)19)6-10(2)13(14(9)12)8-16(20,21)22/h5-6H,3-4,7-8H2,1-2H3. The van der Waals surface area contributed by atoms with E-state index in [9.17, 15) is 26.3 Å². The van der Waals surface area contributed by atoms with Crippen molar-refractivity contribution in [2.24, 2.45) is 0 Å².